The van der Waals surface area contributed by atoms with E-state index >= 15 is 0 Å². The van der Waals surface area contributed by atoms with E-state index in [0.717, 1.165) is 38.6 Å². The van der Waals surface area contributed by atoms with Crippen LogP contribution in [0.15, 0.2) is 12.7 Å². The van der Waals surface area contributed by atoms with Crippen LogP contribution in [0.1, 0.15) is 39.0 Å². The summed E-state index contributed by atoms with van der Waals surface area (Å²) in [5.74, 6) is 0.245. The van der Waals surface area contributed by atoms with Gasteiger partial charge in [0.25, 0.3) is 0 Å². The minimum atomic E-state index is -0.266. The molecule has 1 amide bonds. The smallest absolute Gasteiger partial charge is 0.230 e. The van der Waals surface area contributed by atoms with Gasteiger partial charge in [0.2, 0.25) is 5.91 Å². The second-order valence-electron chi connectivity index (χ2n) is 4.73. The van der Waals surface area contributed by atoms with E-state index in [0.29, 0.717) is 13.1 Å². The zero-order chi connectivity index (χ0) is 12.0. The third kappa shape index (κ3) is 2.64. The van der Waals surface area contributed by atoms with Crippen LogP contribution in [0, 0.1) is 5.41 Å². The van der Waals surface area contributed by atoms with Crippen molar-refractivity contribution in [1.82, 2.24) is 4.90 Å². The monoisotopic (exact) mass is 224 g/mol. The highest BCUT2D eigenvalue weighted by Crippen LogP contribution is 2.38. The van der Waals surface area contributed by atoms with Crippen LogP contribution in [0.25, 0.3) is 0 Å². The first-order chi connectivity index (χ1) is 7.70. The molecule has 0 aromatic carbocycles. The Labute approximate surface area is 98.7 Å². The van der Waals surface area contributed by atoms with Crippen LogP contribution in [0.5, 0.6) is 0 Å². The van der Waals surface area contributed by atoms with Crippen molar-refractivity contribution in [2.24, 2.45) is 11.1 Å². The summed E-state index contributed by atoms with van der Waals surface area (Å²) in [6, 6.07) is 0. The van der Waals surface area contributed by atoms with Crippen molar-refractivity contribution in [3.63, 3.8) is 0 Å². The van der Waals surface area contributed by atoms with Crippen molar-refractivity contribution >= 4 is 5.91 Å². The number of nitrogens with zero attached hydrogens (tertiary/aromatic N) is 1. The molecule has 1 saturated carbocycles. The molecule has 3 heteroatoms. The van der Waals surface area contributed by atoms with Crippen LogP contribution in [0.4, 0.5) is 0 Å². The predicted molar refractivity (Wildman–Crippen MR) is 67.0 cm³/mol. The number of carbonyl (C=O) groups excluding carboxylic acids is 1. The molecule has 0 aromatic heterocycles. The molecule has 0 aliphatic heterocycles. The van der Waals surface area contributed by atoms with Crippen LogP contribution < -0.4 is 5.73 Å². The fourth-order valence-corrected chi connectivity index (χ4v) is 2.59. The van der Waals surface area contributed by atoms with Gasteiger partial charge in [0.05, 0.1) is 5.41 Å². The molecule has 0 saturated heterocycles. The Hall–Kier alpha value is -0.830. The van der Waals surface area contributed by atoms with Gasteiger partial charge in [0.15, 0.2) is 0 Å². The molecule has 92 valence electrons. The van der Waals surface area contributed by atoms with Crippen LogP contribution in [-0.2, 0) is 4.79 Å². The van der Waals surface area contributed by atoms with Gasteiger partial charge in [0, 0.05) is 19.6 Å². The topological polar surface area (TPSA) is 46.3 Å². The van der Waals surface area contributed by atoms with Gasteiger partial charge in [-0.25, -0.2) is 0 Å². The van der Waals surface area contributed by atoms with Crippen LogP contribution in [0.2, 0.25) is 0 Å². The summed E-state index contributed by atoms with van der Waals surface area (Å²) < 4.78 is 0. The van der Waals surface area contributed by atoms with Crippen LogP contribution >= 0.6 is 0 Å². The minimum absolute atomic E-state index is 0.245. The van der Waals surface area contributed by atoms with E-state index in [9.17, 15) is 4.79 Å². The Morgan fingerprint density at radius 1 is 1.50 bits per heavy atom. The van der Waals surface area contributed by atoms with Gasteiger partial charge in [-0.15, -0.1) is 6.58 Å². The fraction of sp³-hybridized carbons (Fsp3) is 0.769. The highest BCUT2D eigenvalue weighted by Gasteiger charge is 2.41. The Morgan fingerprint density at radius 2 is 2.12 bits per heavy atom. The highest BCUT2D eigenvalue weighted by molar-refractivity contribution is 5.83. The van der Waals surface area contributed by atoms with Gasteiger partial charge >= 0.3 is 0 Å². The molecule has 0 radical (unpaired) electrons. The number of carbonyl (C=O) groups is 1. The van der Waals surface area contributed by atoms with Crippen molar-refractivity contribution in [2.75, 3.05) is 19.6 Å². The molecule has 0 spiro atoms. The molecule has 0 heterocycles. The van der Waals surface area contributed by atoms with Crippen LogP contribution in [-0.4, -0.2) is 30.4 Å². The van der Waals surface area contributed by atoms with E-state index in [-0.39, 0.29) is 11.3 Å². The van der Waals surface area contributed by atoms with E-state index < -0.39 is 0 Å². The van der Waals surface area contributed by atoms with Crippen molar-refractivity contribution < 1.29 is 4.79 Å². The highest BCUT2D eigenvalue weighted by atomic mass is 16.2. The van der Waals surface area contributed by atoms with Gasteiger partial charge in [-0.2, -0.15) is 0 Å². The lowest BCUT2D eigenvalue weighted by Gasteiger charge is -2.32. The summed E-state index contributed by atoms with van der Waals surface area (Å²) in [5, 5.41) is 0. The molecule has 0 bridgehead atoms. The van der Waals surface area contributed by atoms with Crippen molar-refractivity contribution in [3.05, 3.63) is 12.7 Å². The fourth-order valence-electron chi connectivity index (χ4n) is 2.59. The first kappa shape index (κ1) is 13.2. The lowest BCUT2D eigenvalue weighted by Crippen LogP contribution is -2.47. The second kappa shape index (κ2) is 6.04. The molecule has 1 aliphatic carbocycles. The van der Waals surface area contributed by atoms with Crippen LogP contribution in [0.3, 0.4) is 0 Å². The quantitative estimate of drug-likeness (QED) is 0.701. The molecule has 3 nitrogen and oxygen atoms in total. The third-order valence-corrected chi connectivity index (χ3v) is 3.54. The van der Waals surface area contributed by atoms with E-state index in [4.69, 9.17) is 5.73 Å². The zero-order valence-corrected chi connectivity index (χ0v) is 10.4. The van der Waals surface area contributed by atoms with E-state index in [2.05, 4.69) is 13.5 Å². The largest absolute Gasteiger partial charge is 0.338 e. The summed E-state index contributed by atoms with van der Waals surface area (Å²) in [5.41, 5.74) is 5.56. The number of hydrogen-bond donors (Lipinski definition) is 1. The molecule has 0 aromatic rings. The molecular weight excluding hydrogens is 200 g/mol. The molecule has 1 fully saturated rings. The van der Waals surface area contributed by atoms with E-state index in [1.54, 1.807) is 6.08 Å². The number of hydrogen-bond acceptors (Lipinski definition) is 2. The number of amides is 1. The number of rotatable bonds is 6. The standard InChI is InChI=1S/C13H24N2O/c1-3-9-15(10-4-2)12(16)13(11-14)7-5-6-8-13/h3H,1,4-11,14H2,2H3. The SMILES string of the molecule is C=CCN(CCC)C(=O)C1(CN)CCCC1. The van der Waals surface area contributed by atoms with Gasteiger partial charge in [0.1, 0.15) is 0 Å². The molecule has 2 N–H and O–H groups in total. The molecule has 0 atom stereocenters. The Kier molecular flexibility index (Phi) is 5.00. The summed E-state index contributed by atoms with van der Waals surface area (Å²) in [4.78, 5) is 14.4. The van der Waals surface area contributed by atoms with Gasteiger partial charge in [-0.1, -0.05) is 25.8 Å². The van der Waals surface area contributed by atoms with Gasteiger partial charge < -0.3 is 10.6 Å². The zero-order valence-electron chi connectivity index (χ0n) is 10.4. The summed E-state index contributed by atoms with van der Waals surface area (Å²) in [7, 11) is 0. The van der Waals surface area contributed by atoms with Crippen molar-refractivity contribution in [3.8, 4) is 0 Å². The third-order valence-electron chi connectivity index (χ3n) is 3.54. The number of nitrogens with two attached hydrogens (primary N) is 1. The van der Waals surface area contributed by atoms with Crippen molar-refractivity contribution in [1.29, 1.82) is 0 Å². The molecule has 1 rings (SSSR count). The first-order valence-corrected chi connectivity index (χ1v) is 6.30. The maximum atomic E-state index is 12.5. The summed E-state index contributed by atoms with van der Waals surface area (Å²) in [6.45, 7) is 7.75. The van der Waals surface area contributed by atoms with Gasteiger partial charge in [-0.05, 0) is 19.3 Å². The molecule has 16 heavy (non-hydrogen) atoms. The Morgan fingerprint density at radius 3 is 2.56 bits per heavy atom. The second-order valence-corrected chi connectivity index (χ2v) is 4.73. The van der Waals surface area contributed by atoms with E-state index in [1.165, 1.54) is 0 Å². The molecular formula is C13H24N2O. The Balaban J connectivity index is 2.74. The predicted octanol–water partition coefficient (Wildman–Crippen LogP) is 1.93. The lowest BCUT2D eigenvalue weighted by atomic mass is 9.84. The van der Waals surface area contributed by atoms with Crippen molar-refractivity contribution in [2.45, 2.75) is 39.0 Å². The first-order valence-electron chi connectivity index (χ1n) is 6.30. The van der Waals surface area contributed by atoms with Gasteiger partial charge in [-0.3, -0.25) is 4.79 Å². The maximum Gasteiger partial charge on any atom is 0.230 e. The Bertz CT molecular complexity index is 244. The molecule has 0 unspecified atom stereocenters. The van der Waals surface area contributed by atoms with E-state index in [1.807, 2.05) is 4.90 Å². The average Bonchev–Trinajstić information content (AvgIpc) is 2.77. The summed E-state index contributed by atoms with van der Waals surface area (Å²) in [6.07, 6.45) is 6.97. The summed E-state index contributed by atoms with van der Waals surface area (Å²) >= 11 is 0. The minimum Gasteiger partial charge on any atom is -0.338 e. The normalized spacial score (nSPS) is 18.4. The average molecular weight is 224 g/mol. The lowest BCUT2D eigenvalue weighted by molar-refractivity contribution is -0.140. The molecule has 1 aliphatic rings. The maximum absolute atomic E-state index is 12.5.